The van der Waals surface area contributed by atoms with Gasteiger partial charge in [0.25, 0.3) is 5.91 Å². The second-order valence-electron chi connectivity index (χ2n) is 7.29. The van der Waals surface area contributed by atoms with Crippen molar-refractivity contribution in [2.45, 2.75) is 20.0 Å². The number of H-pyrrole nitrogens is 1. The number of benzene rings is 2. The summed E-state index contributed by atoms with van der Waals surface area (Å²) in [5.74, 6) is 0.174. The van der Waals surface area contributed by atoms with Crippen LogP contribution in [0.4, 0.5) is 30.2 Å². The molecule has 0 atom stereocenters. The lowest BCUT2D eigenvalue weighted by atomic mass is 10.0. The zero-order chi connectivity index (χ0) is 23.0. The molecule has 0 saturated carbocycles. The third-order valence-corrected chi connectivity index (χ3v) is 5.21. The lowest BCUT2D eigenvalue weighted by molar-refractivity contribution is -0.137. The average Bonchev–Trinajstić information content (AvgIpc) is 2.75. The molecule has 2 aromatic carbocycles. The minimum Gasteiger partial charge on any atom is -0.494 e. The van der Waals surface area contributed by atoms with E-state index in [0.29, 0.717) is 29.4 Å². The maximum Gasteiger partial charge on any atom is 0.416 e. The molecule has 6 nitrogen and oxygen atoms in total. The maximum atomic E-state index is 13.4. The molecule has 1 aliphatic heterocycles. The highest BCUT2D eigenvalue weighted by molar-refractivity contribution is 6.12. The molecule has 1 aliphatic rings. The molecule has 1 aromatic heterocycles. The van der Waals surface area contributed by atoms with E-state index in [4.69, 9.17) is 4.74 Å². The Morgan fingerprint density at radius 2 is 1.69 bits per heavy atom. The number of aromatic amines is 1. The molecular formula is C23H20F3N3O3. The Bertz CT molecular complexity index is 1220. The van der Waals surface area contributed by atoms with Gasteiger partial charge in [-0.25, -0.2) is 0 Å². The number of carbonyl (C=O) groups is 1. The second kappa shape index (κ2) is 8.07. The first-order valence-corrected chi connectivity index (χ1v) is 9.92. The zero-order valence-electron chi connectivity index (χ0n) is 17.4. The molecule has 32 heavy (non-hydrogen) atoms. The molecule has 4 rings (SSSR count). The predicted octanol–water partition coefficient (Wildman–Crippen LogP) is 4.86. The van der Waals surface area contributed by atoms with Gasteiger partial charge < -0.3 is 14.6 Å². The Balaban J connectivity index is 1.85. The van der Waals surface area contributed by atoms with Gasteiger partial charge in [0.1, 0.15) is 12.4 Å². The molecule has 0 fully saturated rings. The quantitative estimate of drug-likeness (QED) is 0.626. The number of anilines is 3. The van der Waals surface area contributed by atoms with E-state index in [1.807, 2.05) is 6.92 Å². The van der Waals surface area contributed by atoms with E-state index < -0.39 is 17.6 Å². The third-order valence-electron chi connectivity index (χ3n) is 5.21. The van der Waals surface area contributed by atoms with Crippen molar-refractivity contribution in [2.75, 3.05) is 23.1 Å². The Morgan fingerprint density at radius 1 is 0.969 bits per heavy atom. The normalized spacial score (nSPS) is 13.8. The van der Waals surface area contributed by atoms with Gasteiger partial charge in [-0.1, -0.05) is 0 Å². The van der Waals surface area contributed by atoms with Gasteiger partial charge in [0.15, 0.2) is 0 Å². The maximum absolute atomic E-state index is 13.4. The number of aryl methyl sites for hydroxylation is 1. The largest absolute Gasteiger partial charge is 0.494 e. The summed E-state index contributed by atoms with van der Waals surface area (Å²) >= 11 is 0. The van der Waals surface area contributed by atoms with Gasteiger partial charge in [0, 0.05) is 17.4 Å². The van der Waals surface area contributed by atoms with Crippen LogP contribution in [0.25, 0.3) is 0 Å². The van der Waals surface area contributed by atoms with Crippen molar-refractivity contribution in [1.82, 2.24) is 4.98 Å². The highest BCUT2D eigenvalue weighted by atomic mass is 19.4. The van der Waals surface area contributed by atoms with Gasteiger partial charge >= 0.3 is 6.18 Å². The number of hydrogen-bond donors (Lipinski definition) is 1. The molecule has 1 amide bonds. The predicted molar refractivity (Wildman–Crippen MR) is 115 cm³/mol. The Morgan fingerprint density at radius 3 is 2.31 bits per heavy atom. The SMILES string of the molecule is CCOc1ccc(N2CN(c3ccc(=O)[nH]c3C)C(=O)c3ccc(C(F)(F)F)cc32)cc1. The van der Waals surface area contributed by atoms with Crippen LogP contribution in [-0.2, 0) is 6.18 Å². The summed E-state index contributed by atoms with van der Waals surface area (Å²) in [6.45, 7) is 3.96. The standard InChI is InChI=1S/C23H20F3N3O3/c1-3-32-17-7-5-16(6-8-17)28-13-29(19-10-11-21(30)27-14(19)2)22(31)18-9-4-15(12-20(18)28)23(24,25)26/h4-12H,3,13H2,1-2H3,(H,27,30). The first-order valence-electron chi connectivity index (χ1n) is 9.92. The van der Waals surface area contributed by atoms with Crippen LogP contribution < -0.4 is 20.1 Å². The van der Waals surface area contributed by atoms with E-state index in [-0.39, 0.29) is 23.5 Å². The fraction of sp³-hybridized carbons (Fsp3) is 0.217. The number of alkyl halides is 3. The van der Waals surface area contributed by atoms with Crippen molar-refractivity contribution in [3.8, 4) is 5.75 Å². The first kappa shape index (κ1) is 21.5. The average molecular weight is 443 g/mol. The number of carbonyl (C=O) groups excluding carboxylic acids is 1. The number of amides is 1. The second-order valence-corrected chi connectivity index (χ2v) is 7.29. The number of rotatable bonds is 4. The summed E-state index contributed by atoms with van der Waals surface area (Å²) in [6, 6.07) is 12.8. The van der Waals surface area contributed by atoms with Crippen LogP contribution >= 0.6 is 0 Å². The van der Waals surface area contributed by atoms with E-state index in [1.54, 1.807) is 36.1 Å². The summed E-state index contributed by atoms with van der Waals surface area (Å²) in [5.41, 5.74) is 0.677. The monoisotopic (exact) mass is 443 g/mol. The van der Waals surface area contributed by atoms with Crippen LogP contribution in [0.1, 0.15) is 28.5 Å². The molecule has 2 heterocycles. The lowest BCUT2D eigenvalue weighted by Crippen LogP contribution is -2.45. The van der Waals surface area contributed by atoms with E-state index in [1.165, 1.54) is 23.1 Å². The van der Waals surface area contributed by atoms with Gasteiger partial charge in [-0.05, 0) is 62.4 Å². The Kier molecular flexibility index (Phi) is 5.41. The number of nitrogens with one attached hydrogen (secondary N) is 1. The number of nitrogens with zero attached hydrogens (tertiary/aromatic N) is 2. The fourth-order valence-electron chi connectivity index (χ4n) is 3.70. The van der Waals surface area contributed by atoms with Crippen molar-refractivity contribution in [3.63, 3.8) is 0 Å². The van der Waals surface area contributed by atoms with Crippen molar-refractivity contribution >= 4 is 23.0 Å². The van der Waals surface area contributed by atoms with Crippen LogP contribution in [0.2, 0.25) is 0 Å². The van der Waals surface area contributed by atoms with Crippen LogP contribution in [0.3, 0.4) is 0 Å². The molecule has 0 saturated heterocycles. The Labute approximate surface area is 181 Å². The van der Waals surface area contributed by atoms with E-state index in [0.717, 1.165) is 12.1 Å². The molecular weight excluding hydrogens is 423 g/mol. The lowest BCUT2D eigenvalue weighted by Gasteiger charge is -2.38. The van der Waals surface area contributed by atoms with Crippen LogP contribution in [0.15, 0.2) is 59.4 Å². The smallest absolute Gasteiger partial charge is 0.416 e. The number of halogens is 3. The number of ether oxygens (including phenoxy) is 1. The molecule has 0 bridgehead atoms. The van der Waals surface area contributed by atoms with Crippen molar-refractivity contribution in [3.05, 3.63) is 81.8 Å². The third kappa shape index (κ3) is 3.93. The number of hydrogen-bond acceptors (Lipinski definition) is 4. The highest BCUT2D eigenvalue weighted by Gasteiger charge is 2.36. The van der Waals surface area contributed by atoms with Crippen LogP contribution in [-0.4, -0.2) is 24.2 Å². The molecule has 0 unspecified atom stereocenters. The number of aromatic nitrogens is 1. The molecule has 166 valence electrons. The molecule has 9 heteroatoms. The molecule has 0 spiro atoms. The summed E-state index contributed by atoms with van der Waals surface area (Å²) < 4.78 is 45.6. The summed E-state index contributed by atoms with van der Waals surface area (Å²) in [6.07, 6.45) is -4.55. The van der Waals surface area contributed by atoms with E-state index in [2.05, 4.69) is 4.98 Å². The molecule has 3 aromatic rings. The van der Waals surface area contributed by atoms with Gasteiger partial charge in [0.05, 0.1) is 29.1 Å². The van der Waals surface area contributed by atoms with Gasteiger partial charge in [-0.2, -0.15) is 13.2 Å². The first-order chi connectivity index (χ1) is 15.2. The van der Waals surface area contributed by atoms with Crippen molar-refractivity contribution in [1.29, 1.82) is 0 Å². The number of fused-ring (bicyclic) bond motifs is 1. The minimum absolute atomic E-state index is 0.0337. The number of pyridine rings is 1. The molecule has 0 radical (unpaired) electrons. The molecule has 1 N–H and O–H groups in total. The van der Waals surface area contributed by atoms with E-state index >= 15 is 0 Å². The van der Waals surface area contributed by atoms with E-state index in [9.17, 15) is 22.8 Å². The van der Waals surface area contributed by atoms with Gasteiger partial charge in [0.2, 0.25) is 5.56 Å². The van der Waals surface area contributed by atoms with Gasteiger partial charge in [-0.3, -0.25) is 14.5 Å². The molecule has 0 aliphatic carbocycles. The minimum atomic E-state index is -4.55. The summed E-state index contributed by atoms with van der Waals surface area (Å²) in [5, 5.41) is 0. The van der Waals surface area contributed by atoms with Crippen molar-refractivity contribution < 1.29 is 22.7 Å². The van der Waals surface area contributed by atoms with Crippen LogP contribution in [0, 0.1) is 6.92 Å². The zero-order valence-corrected chi connectivity index (χ0v) is 17.4. The van der Waals surface area contributed by atoms with Gasteiger partial charge in [-0.15, -0.1) is 0 Å². The van der Waals surface area contributed by atoms with Crippen molar-refractivity contribution in [2.24, 2.45) is 0 Å². The van der Waals surface area contributed by atoms with Crippen LogP contribution in [0.5, 0.6) is 5.75 Å². The Hall–Kier alpha value is -3.75. The highest BCUT2D eigenvalue weighted by Crippen LogP contribution is 2.40. The summed E-state index contributed by atoms with van der Waals surface area (Å²) in [7, 11) is 0. The summed E-state index contributed by atoms with van der Waals surface area (Å²) in [4.78, 5) is 30.6. The fourth-order valence-corrected chi connectivity index (χ4v) is 3.70. The topological polar surface area (TPSA) is 65.6 Å².